The molecule has 82 valence electrons. The number of nitrogens with two attached hydrogens (primary N) is 1. The van der Waals surface area contributed by atoms with E-state index in [1.807, 2.05) is 0 Å². The van der Waals surface area contributed by atoms with Crippen LogP contribution in [0.15, 0.2) is 0 Å². The van der Waals surface area contributed by atoms with E-state index in [0.717, 1.165) is 12.8 Å². The van der Waals surface area contributed by atoms with E-state index in [2.05, 4.69) is 0 Å². The Morgan fingerprint density at radius 1 is 1.29 bits per heavy atom. The first-order chi connectivity index (χ1) is 6.70. The van der Waals surface area contributed by atoms with Gasteiger partial charge in [0.15, 0.2) is 0 Å². The van der Waals surface area contributed by atoms with Gasteiger partial charge in [0, 0.05) is 19.6 Å². The summed E-state index contributed by atoms with van der Waals surface area (Å²) in [4.78, 5) is 13.3. The van der Waals surface area contributed by atoms with Gasteiger partial charge in [-0.15, -0.1) is 0 Å². The molecule has 0 heterocycles. The van der Waals surface area contributed by atoms with Gasteiger partial charge in [0.2, 0.25) is 5.91 Å². The first-order valence-electron chi connectivity index (χ1n) is 4.91. The fourth-order valence-electron chi connectivity index (χ4n) is 1.55. The zero-order valence-corrected chi connectivity index (χ0v) is 8.28. The third-order valence-electron chi connectivity index (χ3n) is 2.73. The number of rotatable bonds is 6. The molecule has 0 aromatic heterocycles. The molecule has 5 nitrogen and oxygen atoms in total. The van der Waals surface area contributed by atoms with Crippen molar-refractivity contribution in [2.45, 2.75) is 12.8 Å². The van der Waals surface area contributed by atoms with Gasteiger partial charge >= 0.3 is 0 Å². The lowest BCUT2D eigenvalue weighted by Gasteiger charge is -2.25. The number of nitrogens with zero attached hydrogens (tertiary/aromatic N) is 1. The second-order valence-electron chi connectivity index (χ2n) is 3.72. The van der Waals surface area contributed by atoms with Crippen LogP contribution < -0.4 is 5.73 Å². The van der Waals surface area contributed by atoms with Crippen molar-refractivity contribution in [1.82, 2.24) is 4.90 Å². The van der Waals surface area contributed by atoms with Gasteiger partial charge in [-0.25, -0.2) is 0 Å². The van der Waals surface area contributed by atoms with Crippen LogP contribution in [-0.2, 0) is 4.79 Å². The maximum atomic E-state index is 11.9. The smallest absolute Gasteiger partial charge is 0.230 e. The molecule has 14 heavy (non-hydrogen) atoms. The molecule has 0 atom stereocenters. The van der Waals surface area contributed by atoms with Gasteiger partial charge in [-0.3, -0.25) is 4.79 Å². The molecule has 1 amide bonds. The number of hydrogen-bond acceptors (Lipinski definition) is 4. The number of amides is 1. The number of carbonyl (C=O) groups excluding carboxylic acids is 1. The van der Waals surface area contributed by atoms with Crippen molar-refractivity contribution in [2.75, 3.05) is 32.8 Å². The Morgan fingerprint density at radius 3 is 2.07 bits per heavy atom. The van der Waals surface area contributed by atoms with Crippen molar-refractivity contribution in [3.63, 3.8) is 0 Å². The lowest BCUT2D eigenvalue weighted by atomic mass is 10.1. The Kier molecular flexibility index (Phi) is 3.86. The largest absolute Gasteiger partial charge is 0.395 e. The standard InChI is InChI=1S/C9H18N2O3/c10-7-9(1-2-9)8(14)11(3-5-12)4-6-13/h12-13H,1-7,10H2. The van der Waals surface area contributed by atoms with Crippen molar-refractivity contribution in [3.8, 4) is 0 Å². The second-order valence-corrected chi connectivity index (χ2v) is 3.72. The van der Waals surface area contributed by atoms with Crippen LogP contribution in [0.2, 0.25) is 0 Å². The minimum atomic E-state index is -0.385. The Bertz CT molecular complexity index is 198. The Labute approximate surface area is 83.5 Å². The third kappa shape index (κ3) is 2.23. The molecule has 1 aliphatic carbocycles. The van der Waals surface area contributed by atoms with E-state index in [1.54, 1.807) is 0 Å². The molecule has 4 N–H and O–H groups in total. The summed E-state index contributed by atoms with van der Waals surface area (Å²) in [6, 6.07) is 0. The van der Waals surface area contributed by atoms with Gasteiger partial charge in [-0.2, -0.15) is 0 Å². The number of aliphatic hydroxyl groups is 2. The molecule has 1 rings (SSSR count). The molecule has 0 spiro atoms. The predicted molar refractivity (Wildman–Crippen MR) is 51.5 cm³/mol. The highest BCUT2D eigenvalue weighted by molar-refractivity contribution is 5.85. The molecule has 0 unspecified atom stereocenters. The van der Waals surface area contributed by atoms with Gasteiger partial charge in [0.1, 0.15) is 0 Å². The summed E-state index contributed by atoms with van der Waals surface area (Å²) in [6.45, 7) is 0.764. The van der Waals surface area contributed by atoms with E-state index in [9.17, 15) is 4.79 Å². The van der Waals surface area contributed by atoms with Gasteiger partial charge in [-0.05, 0) is 12.8 Å². The molecule has 5 heteroatoms. The van der Waals surface area contributed by atoms with Crippen molar-refractivity contribution >= 4 is 5.91 Å². The molecule has 0 saturated heterocycles. The Balaban J connectivity index is 2.54. The molecule has 0 radical (unpaired) electrons. The van der Waals surface area contributed by atoms with E-state index < -0.39 is 0 Å². The zero-order chi connectivity index (χ0) is 10.6. The maximum Gasteiger partial charge on any atom is 0.230 e. The van der Waals surface area contributed by atoms with Crippen molar-refractivity contribution in [1.29, 1.82) is 0 Å². The fourth-order valence-corrected chi connectivity index (χ4v) is 1.55. The molecule has 0 aliphatic heterocycles. The lowest BCUT2D eigenvalue weighted by Crippen LogP contribution is -2.43. The summed E-state index contributed by atoms with van der Waals surface area (Å²) in [5, 5.41) is 17.5. The molecule has 1 fully saturated rings. The molecular formula is C9H18N2O3. The Hall–Kier alpha value is -0.650. The lowest BCUT2D eigenvalue weighted by molar-refractivity contribution is -0.137. The van der Waals surface area contributed by atoms with E-state index in [4.69, 9.17) is 15.9 Å². The average molecular weight is 202 g/mol. The Morgan fingerprint density at radius 2 is 1.79 bits per heavy atom. The third-order valence-corrected chi connectivity index (χ3v) is 2.73. The predicted octanol–water partition coefficient (Wildman–Crippen LogP) is -1.46. The molecule has 0 aromatic rings. The summed E-state index contributed by atoms with van der Waals surface area (Å²) >= 11 is 0. The minimum absolute atomic E-state index is 0.0249. The summed E-state index contributed by atoms with van der Waals surface area (Å²) in [5.74, 6) is -0.0249. The zero-order valence-electron chi connectivity index (χ0n) is 8.28. The van der Waals surface area contributed by atoms with Crippen LogP contribution in [-0.4, -0.2) is 53.9 Å². The average Bonchev–Trinajstić information content (AvgIpc) is 2.97. The number of aliphatic hydroxyl groups excluding tert-OH is 2. The van der Waals surface area contributed by atoms with Gasteiger partial charge < -0.3 is 20.8 Å². The normalized spacial score (nSPS) is 17.9. The molecule has 0 aromatic carbocycles. The van der Waals surface area contributed by atoms with E-state index in [-0.39, 0.29) is 37.6 Å². The van der Waals surface area contributed by atoms with Crippen LogP contribution in [0, 0.1) is 5.41 Å². The van der Waals surface area contributed by atoms with Crippen molar-refractivity contribution in [2.24, 2.45) is 11.1 Å². The van der Waals surface area contributed by atoms with Gasteiger partial charge in [-0.1, -0.05) is 0 Å². The number of hydrogen-bond donors (Lipinski definition) is 3. The van der Waals surface area contributed by atoms with Crippen LogP contribution in [0.4, 0.5) is 0 Å². The summed E-state index contributed by atoms with van der Waals surface area (Å²) in [6.07, 6.45) is 1.66. The highest BCUT2D eigenvalue weighted by Gasteiger charge is 2.50. The topological polar surface area (TPSA) is 86.8 Å². The first-order valence-corrected chi connectivity index (χ1v) is 4.91. The van der Waals surface area contributed by atoms with Gasteiger partial charge in [0.05, 0.1) is 18.6 Å². The first kappa shape index (κ1) is 11.4. The summed E-state index contributed by atoms with van der Waals surface area (Å²) < 4.78 is 0. The molecule has 0 bridgehead atoms. The van der Waals surface area contributed by atoms with Crippen LogP contribution in [0.25, 0.3) is 0 Å². The van der Waals surface area contributed by atoms with Crippen LogP contribution in [0.1, 0.15) is 12.8 Å². The van der Waals surface area contributed by atoms with Crippen LogP contribution in [0.5, 0.6) is 0 Å². The number of carbonyl (C=O) groups is 1. The van der Waals surface area contributed by atoms with E-state index >= 15 is 0 Å². The van der Waals surface area contributed by atoms with Gasteiger partial charge in [0.25, 0.3) is 0 Å². The highest BCUT2D eigenvalue weighted by atomic mass is 16.3. The summed E-state index contributed by atoms with van der Waals surface area (Å²) in [5.41, 5.74) is 5.14. The minimum Gasteiger partial charge on any atom is -0.395 e. The molecule has 1 saturated carbocycles. The SMILES string of the molecule is NCC1(C(=O)N(CCO)CCO)CC1. The van der Waals surface area contributed by atoms with Crippen molar-refractivity contribution < 1.29 is 15.0 Å². The quantitative estimate of drug-likeness (QED) is 0.491. The van der Waals surface area contributed by atoms with Crippen LogP contribution >= 0.6 is 0 Å². The van der Waals surface area contributed by atoms with E-state index in [0.29, 0.717) is 6.54 Å². The summed E-state index contributed by atoms with van der Waals surface area (Å²) in [7, 11) is 0. The van der Waals surface area contributed by atoms with Crippen LogP contribution in [0.3, 0.4) is 0 Å². The fraction of sp³-hybridized carbons (Fsp3) is 0.889. The molecule has 1 aliphatic rings. The maximum absolute atomic E-state index is 11.9. The monoisotopic (exact) mass is 202 g/mol. The van der Waals surface area contributed by atoms with E-state index in [1.165, 1.54) is 4.90 Å². The highest BCUT2D eigenvalue weighted by Crippen LogP contribution is 2.46. The van der Waals surface area contributed by atoms with Crippen molar-refractivity contribution in [3.05, 3.63) is 0 Å². The molecular weight excluding hydrogens is 184 g/mol. The second kappa shape index (κ2) is 4.72.